The smallest absolute Gasteiger partial charge is 0.335 e. The van der Waals surface area contributed by atoms with E-state index in [2.05, 4.69) is 16.6 Å². The summed E-state index contributed by atoms with van der Waals surface area (Å²) in [6.07, 6.45) is 5.47. The van der Waals surface area contributed by atoms with Crippen molar-refractivity contribution in [2.45, 2.75) is 30.6 Å². The van der Waals surface area contributed by atoms with Gasteiger partial charge in [0.25, 0.3) is 0 Å². The first-order chi connectivity index (χ1) is 8.58. The molecule has 1 aromatic heterocycles. The fourth-order valence-electron chi connectivity index (χ4n) is 2.19. The molecule has 0 radical (unpaired) electrons. The number of pyridine rings is 1. The Hall–Kier alpha value is -0.940. The molecule has 1 aromatic rings. The minimum absolute atomic E-state index is 0.164. The summed E-state index contributed by atoms with van der Waals surface area (Å²) in [6, 6.07) is 3.24. The number of hydrogen-bond donors (Lipinski definition) is 2. The zero-order valence-electron chi connectivity index (χ0n) is 10.0. The third-order valence-electron chi connectivity index (χ3n) is 3.11. The van der Waals surface area contributed by atoms with Gasteiger partial charge in [0, 0.05) is 11.3 Å². The summed E-state index contributed by atoms with van der Waals surface area (Å²) in [4.78, 5) is 15.0. The highest BCUT2D eigenvalue weighted by molar-refractivity contribution is 7.99. The van der Waals surface area contributed by atoms with Crippen LogP contribution in [0.3, 0.4) is 0 Å². The number of halogens is 1. The van der Waals surface area contributed by atoms with Crippen LogP contribution in [0.4, 0.5) is 5.82 Å². The summed E-state index contributed by atoms with van der Waals surface area (Å²) in [5.41, 5.74) is 0.164. The first-order valence-corrected chi connectivity index (χ1v) is 7.45. The molecule has 1 heterocycles. The maximum Gasteiger partial charge on any atom is 0.335 e. The number of carboxylic acids is 1. The molecule has 1 saturated carbocycles. The number of carboxylic acid groups (broad SMARTS) is 1. The maximum atomic E-state index is 10.9. The van der Waals surface area contributed by atoms with Crippen LogP contribution >= 0.6 is 23.4 Å². The molecular formula is C12H15ClN2O2S. The van der Waals surface area contributed by atoms with Crippen LogP contribution in [0.2, 0.25) is 5.15 Å². The maximum absolute atomic E-state index is 10.9. The third kappa shape index (κ3) is 3.29. The number of aromatic nitrogens is 1. The van der Waals surface area contributed by atoms with E-state index in [1.807, 2.05) is 11.8 Å². The topological polar surface area (TPSA) is 62.2 Å². The molecule has 0 amide bonds. The Morgan fingerprint density at radius 3 is 2.94 bits per heavy atom. The molecule has 2 unspecified atom stereocenters. The minimum atomic E-state index is -0.990. The molecule has 98 valence electrons. The van der Waals surface area contributed by atoms with Gasteiger partial charge >= 0.3 is 5.97 Å². The van der Waals surface area contributed by atoms with Crippen LogP contribution in [0.5, 0.6) is 0 Å². The highest BCUT2D eigenvalue weighted by Gasteiger charge is 2.24. The lowest BCUT2D eigenvalue weighted by Gasteiger charge is -2.14. The lowest BCUT2D eigenvalue weighted by molar-refractivity contribution is 0.0697. The first-order valence-electron chi connectivity index (χ1n) is 5.78. The van der Waals surface area contributed by atoms with Crippen LogP contribution in [0, 0.1) is 0 Å². The van der Waals surface area contributed by atoms with Crippen molar-refractivity contribution in [1.29, 1.82) is 0 Å². The second-order valence-corrected chi connectivity index (χ2v) is 5.91. The van der Waals surface area contributed by atoms with Crippen LogP contribution in [0.15, 0.2) is 12.1 Å². The molecule has 0 aromatic carbocycles. The van der Waals surface area contributed by atoms with E-state index in [4.69, 9.17) is 16.7 Å². The van der Waals surface area contributed by atoms with E-state index in [9.17, 15) is 4.79 Å². The molecule has 6 heteroatoms. The summed E-state index contributed by atoms with van der Waals surface area (Å²) in [6.45, 7) is 0. The SMILES string of the molecule is CSC1CCC(Nc2cc(C(=O)O)cc(Cl)n2)C1. The molecule has 4 nitrogen and oxygen atoms in total. The van der Waals surface area contributed by atoms with Gasteiger partial charge in [-0.3, -0.25) is 0 Å². The predicted octanol–water partition coefficient (Wildman–Crippen LogP) is 3.13. The van der Waals surface area contributed by atoms with E-state index < -0.39 is 5.97 Å². The number of anilines is 1. The van der Waals surface area contributed by atoms with Gasteiger partial charge in [0.15, 0.2) is 0 Å². The molecule has 0 bridgehead atoms. The van der Waals surface area contributed by atoms with Gasteiger partial charge < -0.3 is 10.4 Å². The number of nitrogens with one attached hydrogen (secondary N) is 1. The van der Waals surface area contributed by atoms with E-state index >= 15 is 0 Å². The highest BCUT2D eigenvalue weighted by Crippen LogP contribution is 2.30. The van der Waals surface area contributed by atoms with Gasteiger partial charge in [-0.15, -0.1) is 0 Å². The summed E-state index contributed by atoms with van der Waals surface area (Å²) >= 11 is 7.69. The fourth-order valence-corrected chi connectivity index (χ4v) is 3.19. The molecule has 1 aliphatic rings. The van der Waals surface area contributed by atoms with Crippen molar-refractivity contribution in [3.63, 3.8) is 0 Å². The molecule has 0 spiro atoms. The first kappa shape index (κ1) is 13.5. The van der Waals surface area contributed by atoms with Crippen molar-refractivity contribution >= 4 is 35.1 Å². The van der Waals surface area contributed by atoms with Crippen molar-refractivity contribution in [3.8, 4) is 0 Å². The largest absolute Gasteiger partial charge is 0.478 e. The van der Waals surface area contributed by atoms with Gasteiger partial charge in [-0.1, -0.05) is 11.6 Å². The Kier molecular flexibility index (Phi) is 4.35. The van der Waals surface area contributed by atoms with Crippen LogP contribution in [-0.4, -0.2) is 33.6 Å². The third-order valence-corrected chi connectivity index (χ3v) is 4.40. The lowest BCUT2D eigenvalue weighted by atomic mass is 10.2. The van der Waals surface area contributed by atoms with Crippen molar-refractivity contribution in [2.75, 3.05) is 11.6 Å². The van der Waals surface area contributed by atoms with E-state index in [0.717, 1.165) is 12.8 Å². The van der Waals surface area contributed by atoms with E-state index in [-0.39, 0.29) is 10.7 Å². The summed E-state index contributed by atoms with van der Waals surface area (Å²) in [5, 5.41) is 13.1. The van der Waals surface area contributed by atoms with Crippen molar-refractivity contribution in [3.05, 3.63) is 22.8 Å². The van der Waals surface area contributed by atoms with Gasteiger partial charge in [0.2, 0.25) is 0 Å². The van der Waals surface area contributed by atoms with E-state index in [1.165, 1.54) is 18.6 Å². The second kappa shape index (κ2) is 5.80. The summed E-state index contributed by atoms with van der Waals surface area (Å²) in [5.74, 6) is -0.442. The van der Waals surface area contributed by atoms with Gasteiger partial charge in [-0.2, -0.15) is 11.8 Å². The van der Waals surface area contributed by atoms with Gasteiger partial charge in [-0.05, 0) is 37.7 Å². The Morgan fingerprint density at radius 1 is 1.56 bits per heavy atom. The Morgan fingerprint density at radius 2 is 2.33 bits per heavy atom. The normalized spacial score (nSPS) is 23.0. The van der Waals surface area contributed by atoms with E-state index in [1.54, 1.807) is 0 Å². The molecule has 1 fully saturated rings. The molecular weight excluding hydrogens is 272 g/mol. The average Bonchev–Trinajstić information content (AvgIpc) is 2.76. The molecule has 1 aliphatic carbocycles. The lowest BCUT2D eigenvalue weighted by Crippen LogP contribution is -2.17. The number of carbonyl (C=O) groups is 1. The standard InChI is InChI=1S/C12H15ClN2O2S/c1-18-9-3-2-8(6-9)14-11-5-7(12(16)17)4-10(13)15-11/h4-5,8-9H,2-3,6H2,1H3,(H,14,15)(H,16,17). The number of thioether (sulfide) groups is 1. The van der Waals surface area contributed by atoms with E-state index in [0.29, 0.717) is 17.1 Å². The summed E-state index contributed by atoms with van der Waals surface area (Å²) in [7, 11) is 0. The van der Waals surface area contributed by atoms with Crippen molar-refractivity contribution in [2.24, 2.45) is 0 Å². The molecule has 18 heavy (non-hydrogen) atoms. The van der Waals surface area contributed by atoms with Crippen LogP contribution in [0.1, 0.15) is 29.6 Å². The molecule has 2 atom stereocenters. The zero-order chi connectivity index (χ0) is 13.1. The predicted molar refractivity (Wildman–Crippen MR) is 74.8 cm³/mol. The van der Waals surface area contributed by atoms with Crippen LogP contribution in [0.25, 0.3) is 0 Å². The molecule has 2 N–H and O–H groups in total. The highest BCUT2D eigenvalue weighted by atomic mass is 35.5. The van der Waals surface area contributed by atoms with Crippen LogP contribution < -0.4 is 5.32 Å². The molecule has 0 aliphatic heterocycles. The summed E-state index contributed by atoms with van der Waals surface area (Å²) < 4.78 is 0. The number of rotatable bonds is 4. The number of hydrogen-bond acceptors (Lipinski definition) is 4. The second-order valence-electron chi connectivity index (χ2n) is 4.38. The Bertz CT molecular complexity index is 456. The molecule has 2 rings (SSSR count). The molecule has 0 saturated heterocycles. The van der Waals surface area contributed by atoms with Gasteiger partial charge in [-0.25, -0.2) is 9.78 Å². The monoisotopic (exact) mass is 286 g/mol. The number of nitrogens with zero attached hydrogens (tertiary/aromatic N) is 1. The zero-order valence-corrected chi connectivity index (χ0v) is 11.6. The fraction of sp³-hybridized carbons (Fsp3) is 0.500. The van der Waals surface area contributed by atoms with Crippen molar-refractivity contribution in [1.82, 2.24) is 4.98 Å². The van der Waals surface area contributed by atoms with Gasteiger partial charge in [0.1, 0.15) is 11.0 Å². The Labute approximate surface area is 115 Å². The Balaban J connectivity index is 2.07. The quantitative estimate of drug-likeness (QED) is 0.833. The van der Waals surface area contributed by atoms with Crippen molar-refractivity contribution < 1.29 is 9.90 Å². The average molecular weight is 287 g/mol. The van der Waals surface area contributed by atoms with Crippen LogP contribution in [-0.2, 0) is 0 Å². The number of aromatic carboxylic acids is 1. The minimum Gasteiger partial charge on any atom is -0.478 e. The van der Waals surface area contributed by atoms with Gasteiger partial charge in [0.05, 0.1) is 5.56 Å².